The summed E-state index contributed by atoms with van der Waals surface area (Å²) in [6.45, 7) is 1.41. The fourth-order valence-corrected chi connectivity index (χ4v) is 3.94. The fraction of sp³-hybridized carbons (Fsp3) is 0.222. The SMILES string of the molecule is O=C(CSc1nnnn1-c1cccc(Cl)c1)N1CCc2ccccc2C1. The first-order valence-corrected chi connectivity index (χ1v) is 9.59. The van der Waals surface area contributed by atoms with E-state index < -0.39 is 0 Å². The Morgan fingerprint density at radius 3 is 2.85 bits per heavy atom. The first kappa shape index (κ1) is 17.1. The van der Waals surface area contributed by atoms with Gasteiger partial charge in [-0.3, -0.25) is 4.79 Å². The highest BCUT2D eigenvalue weighted by atomic mass is 35.5. The van der Waals surface area contributed by atoms with Crippen LogP contribution in [0.1, 0.15) is 11.1 Å². The summed E-state index contributed by atoms with van der Waals surface area (Å²) in [6.07, 6.45) is 0.896. The van der Waals surface area contributed by atoms with Gasteiger partial charge in [-0.25, -0.2) is 0 Å². The number of amides is 1. The Kier molecular flexibility index (Phi) is 4.90. The normalized spacial score (nSPS) is 13.5. The van der Waals surface area contributed by atoms with Crippen LogP contribution in [-0.4, -0.2) is 43.3 Å². The number of fused-ring (bicyclic) bond motifs is 1. The first-order chi connectivity index (χ1) is 12.7. The molecule has 132 valence electrons. The number of rotatable bonds is 4. The van der Waals surface area contributed by atoms with Gasteiger partial charge in [-0.05, 0) is 46.2 Å². The van der Waals surface area contributed by atoms with Gasteiger partial charge in [0.2, 0.25) is 11.1 Å². The third-order valence-electron chi connectivity index (χ3n) is 4.30. The minimum Gasteiger partial charge on any atom is -0.337 e. The summed E-state index contributed by atoms with van der Waals surface area (Å²) in [6, 6.07) is 15.6. The predicted octanol–water partition coefficient (Wildman–Crippen LogP) is 2.99. The average Bonchev–Trinajstić information content (AvgIpc) is 3.14. The number of halogens is 1. The number of hydrogen-bond donors (Lipinski definition) is 0. The molecule has 8 heteroatoms. The molecule has 2 heterocycles. The van der Waals surface area contributed by atoms with Crippen molar-refractivity contribution in [2.45, 2.75) is 18.1 Å². The highest BCUT2D eigenvalue weighted by molar-refractivity contribution is 7.99. The zero-order valence-electron chi connectivity index (χ0n) is 13.9. The predicted molar refractivity (Wildman–Crippen MR) is 100 cm³/mol. The zero-order valence-corrected chi connectivity index (χ0v) is 15.5. The van der Waals surface area contributed by atoms with Crippen molar-refractivity contribution >= 4 is 29.3 Å². The van der Waals surface area contributed by atoms with E-state index in [1.54, 1.807) is 16.8 Å². The Bertz CT molecular complexity index is 945. The number of carbonyl (C=O) groups is 1. The van der Waals surface area contributed by atoms with E-state index >= 15 is 0 Å². The molecule has 1 aliphatic heterocycles. The lowest BCUT2D eigenvalue weighted by Gasteiger charge is -2.28. The number of carbonyl (C=O) groups excluding carboxylic acids is 1. The van der Waals surface area contributed by atoms with Gasteiger partial charge in [0.05, 0.1) is 11.4 Å². The standard InChI is InChI=1S/C18H16ClN5OS/c19-15-6-3-7-16(10-15)24-18(20-21-22-24)26-12-17(25)23-9-8-13-4-1-2-5-14(13)11-23/h1-7,10H,8-9,11-12H2. The van der Waals surface area contributed by atoms with E-state index in [0.717, 1.165) is 18.7 Å². The molecule has 0 radical (unpaired) electrons. The van der Waals surface area contributed by atoms with E-state index in [9.17, 15) is 4.79 Å². The van der Waals surface area contributed by atoms with Crippen LogP contribution in [0.5, 0.6) is 0 Å². The molecule has 0 spiro atoms. The Morgan fingerprint density at radius 2 is 2.00 bits per heavy atom. The third-order valence-corrected chi connectivity index (χ3v) is 5.44. The quantitative estimate of drug-likeness (QED) is 0.646. The molecular weight excluding hydrogens is 370 g/mol. The maximum Gasteiger partial charge on any atom is 0.233 e. The molecule has 0 N–H and O–H groups in total. The maximum atomic E-state index is 12.6. The van der Waals surface area contributed by atoms with E-state index in [1.165, 1.54) is 22.9 Å². The maximum absolute atomic E-state index is 12.6. The van der Waals surface area contributed by atoms with E-state index in [0.29, 0.717) is 22.5 Å². The van der Waals surface area contributed by atoms with Crippen LogP contribution in [0.25, 0.3) is 5.69 Å². The van der Waals surface area contributed by atoms with Crippen LogP contribution in [0.4, 0.5) is 0 Å². The lowest BCUT2D eigenvalue weighted by Crippen LogP contribution is -2.37. The smallest absolute Gasteiger partial charge is 0.233 e. The van der Waals surface area contributed by atoms with Crippen molar-refractivity contribution in [2.75, 3.05) is 12.3 Å². The summed E-state index contributed by atoms with van der Waals surface area (Å²) in [4.78, 5) is 14.5. The second-order valence-electron chi connectivity index (χ2n) is 5.98. The fourth-order valence-electron chi connectivity index (χ4n) is 2.97. The molecule has 26 heavy (non-hydrogen) atoms. The van der Waals surface area contributed by atoms with Gasteiger partial charge in [0.15, 0.2) is 0 Å². The third kappa shape index (κ3) is 3.59. The van der Waals surface area contributed by atoms with Crippen molar-refractivity contribution < 1.29 is 4.79 Å². The van der Waals surface area contributed by atoms with Gasteiger partial charge >= 0.3 is 0 Å². The molecular formula is C18H16ClN5OS. The van der Waals surface area contributed by atoms with Gasteiger partial charge in [0.1, 0.15) is 0 Å². The first-order valence-electron chi connectivity index (χ1n) is 8.22. The number of aromatic nitrogens is 4. The summed E-state index contributed by atoms with van der Waals surface area (Å²) in [5.74, 6) is 0.383. The van der Waals surface area contributed by atoms with Crippen LogP contribution in [0.3, 0.4) is 0 Å². The molecule has 3 aromatic rings. The van der Waals surface area contributed by atoms with Crippen LogP contribution in [0.2, 0.25) is 5.02 Å². The van der Waals surface area contributed by atoms with Crippen molar-refractivity contribution in [1.29, 1.82) is 0 Å². The number of hydrogen-bond acceptors (Lipinski definition) is 5. The average molecular weight is 386 g/mol. The van der Waals surface area contributed by atoms with Gasteiger partial charge in [-0.15, -0.1) is 5.10 Å². The van der Waals surface area contributed by atoms with E-state index in [1.807, 2.05) is 29.2 Å². The Balaban J connectivity index is 1.42. The Labute approximate surface area is 160 Å². The molecule has 6 nitrogen and oxygen atoms in total. The van der Waals surface area contributed by atoms with Crippen LogP contribution in [0.15, 0.2) is 53.7 Å². The monoisotopic (exact) mass is 385 g/mol. The molecule has 1 aromatic heterocycles. The zero-order chi connectivity index (χ0) is 17.9. The highest BCUT2D eigenvalue weighted by Gasteiger charge is 2.21. The van der Waals surface area contributed by atoms with Crippen molar-refractivity contribution in [3.05, 3.63) is 64.7 Å². The lowest BCUT2D eigenvalue weighted by atomic mass is 10.00. The van der Waals surface area contributed by atoms with E-state index in [4.69, 9.17) is 11.6 Å². The molecule has 1 amide bonds. The molecule has 2 aromatic carbocycles. The van der Waals surface area contributed by atoms with Gasteiger partial charge < -0.3 is 4.90 Å². The van der Waals surface area contributed by atoms with Gasteiger partial charge in [0.25, 0.3) is 0 Å². The minimum atomic E-state index is 0.0881. The number of benzene rings is 2. The summed E-state index contributed by atoms with van der Waals surface area (Å²) in [5, 5.41) is 12.9. The van der Waals surface area contributed by atoms with Crippen molar-refractivity contribution in [2.24, 2.45) is 0 Å². The molecule has 0 atom stereocenters. The minimum absolute atomic E-state index is 0.0881. The van der Waals surface area contributed by atoms with E-state index in [-0.39, 0.29) is 5.91 Å². The molecule has 0 saturated heterocycles. The summed E-state index contributed by atoms with van der Waals surface area (Å²) in [5.41, 5.74) is 3.32. The van der Waals surface area contributed by atoms with Crippen LogP contribution in [-0.2, 0) is 17.8 Å². The topological polar surface area (TPSA) is 63.9 Å². The molecule has 0 fully saturated rings. The largest absolute Gasteiger partial charge is 0.337 e. The molecule has 0 saturated carbocycles. The lowest BCUT2D eigenvalue weighted by molar-refractivity contribution is -0.129. The molecule has 0 aliphatic carbocycles. The van der Waals surface area contributed by atoms with Crippen molar-refractivity contribution in [3.63, 3.8) is 0 Å². The number of thioether (sulfide) groups is 1. The van der Waals surface area contributed by atoms with Crippen LogP contribution >= 0.6 is 23.4 Å². The summed E-state index contributed by atoms with van der Waals surface area (Å²) >= 11 is 7.36. The highest BCUT2D eigenvalue weighted by Crippen LogP contribution is 2.23. The number of nitrogens with zero attached hydrogens (tertiary/aromatic N) is 5. The second kappa shape index (κ2) is 7.47. The van der Waals surface area contributed by atoms with Crippen LogP contribution in [0, 0.1) is 0 Å². The van der Waals surface area contributed by atoms with Gasteiger partial charge in [0, 0.05) is 18.1 Å². The molecule has 0 unspecified atom stereocenters. The molecule has 0 bridgehead atoms. The molecule has 4 rings (SSSR count). The van der Waals surface area contributed by atoms with Crippen molar-refractivity contribution in [1.82, 2.24) is 25.1 Å². The van der Waals surface area contributed by atoms with Crippen LogP contribution < -0.4 is 0 Å². The second-order valence-corrected chi connectivity index (χ2v) is 7.35. The van der Waals surface area contributed by atoms with Crippen molar-refractivity contribution in [3.8, 4) is 5.69 Å². The molecule has 1 aliphatic rings. The summed E-state index contributed by atoms with van der Waals surface area (Å²) in [7, 11) is 0. The number of tetrazole rings is 1. The Hall–Kier alpha value is -2.38. The Morgan fingerprint density at radius 1 is 1.15 bits per heavy atom. The summed E-state index contributed by atoms with van der Waals surface area (Å²) < 4.78 is 1.59. The van der Waals surface area contributed by atoms with Gasteiger partial charge in [-0.2, -0.15) is 4.68 Å². The van der Waals surface area contributed by atoms with E-state index in [2.05, 4.69) is 27.7 Å². The van der Waals surface area contributed by atoms with Gasteiger partial charge in [-0.1, -0.05) is 53.7 Å².